The highest BCUT2D eigenvalue weighted by Crippen LogP contribution is 2.49. The van der Waals surface area contributed by atoms with Crippen molar-refractivity contribution in [2.24, 2.45) is 17.3 Å². The normalized spacial score (nSPS) is 19.8. The molecule has 0 fully saturated rings. The molecule has 1 aliphatic rings. The molecule has 0 aromatic heterocycles. The summed E-state index contributed by atoms with van der Waals surface area (Å²) < 4.78 is 5.04. The van der Waals surface area contributed by atoms with E-state index in [-0.39, 0.29) is 23.4 Å². The number of phenolic OH excluding ortho intramolecular Hbond substituents is 2. The molecule has 2 rings (SSSR count). The van der Waals surface area contributed by atoms with E-state index in [2.05, 4.69) is 27.7 Å². The lowest BCUT2D eigenvalue weighted by molar-refractivity contribution is -0.148. The first-order valence-corrected chi connectivity index (χ1v) is 10.9. The van der Waals surface area contributed by atoms with Crippen LogP contribution in [0, 0.1) is 17.3 Å². The molecule has 0 spiro atoms. The summed E-state index contributed by atoms with van der Waals surface area (Å²) in [6.07, 6.45) is 4.66. The number of carbonyl (C=O) groups is 1. The Morgan fingerprint density at radius 1 is 1.24 bits per heavy atom. The predicted molar refractivity (Wildman–Crippen MR) is 118 cm³/mol. The van der Waals surface area contributed by atoms with Crippen LogP contribution in [0.25, 0.3) is 5.57 Å². The number of allylic oxidation sites excluding steroid dienone is 1. The zero-order chi connectivity index (χ0) is 21.9. The van der Waals surface area contributed by atoms with Gasteiger partial charge >= 0.3 is 5.97 Å². The standard InChI is InChI=1S/C25H38O4/c1-8-9-16(3)17(4)18-13-21(26)23(22(27)14-18)19-12-15(2)10-11-20(19)25(5,6)24(28)29-7/h13-17,26-27H,8-12H2,1-7H3. The molecule has 2 N–H and O–H groups in total. The molecule has 0 amide bonds. The summed E-state index contributed by atoms with van der Waals surface area (Å²) in [5, 5.41) is 21.9. The van der Waals surface area contributed by atoms with Crippen molar-refractivity contribution >= 4 is 11.5 Å². The van der Waals surface area contributed by atoms with Gasteiger partial charge in [-0.2, -0.15) is 0 Å². The van der Waals surface area contributed by atoms with Gasteiger partial charge in [0.15, 0.2) is 0 Å². The highest BCUT2D eigenvalue weighted by molar-refractivity contribution is 5.87. The summed E-state index contributed by atoms with van der Waals surface area (Å²) in [6.45, 7) is 12.4. The maximum Gasteiger partial charge on any atom is 0.315 e. The third kappa shape index (κ3) is 4.79. The van der Waals surface area contributed by atoms with Crippen molar-refractivity contribution in [3.8, 4) is 11.5 Å². The van der Waals surface area contributed by atoms with E-state index < -0.39 is 5.41 Å². The minimum atomic E-state index is -0.801. The summed E-state index contributed by atoms with van der Waals surface area (Å²) in [4.78, 5) is 12.5. The molecular formula is C25H38O4. The van der Waals surface area contributed by atoms with E-state index in [0.717, 1.165) is 48.8 Å². The van der Waals surface area contributed by atoms with Crippen LogP contribution in [-0.4, -0.2) is 23.3 Å². The van der Waals surface area contributed by atoms with Gasteiger partial charge in [0.2, 0.25) is 0 Å². The van der Waals surface area contributed by atoms with Gasteiger partial charge in [-0.25, -0.2) is 0 Å². The van der Waals surface area contributed by atoms with E-state index in [1.807, 2.05) is 13.8 Å². The lowest BCUT2D eigenvalue weighted by atomic mass is 9.71. The molecule has 4 nitrogen and oxygen atoms in total. The van der Waals surface area contributed by atoms with Crippen molar-refractivity contribution in [1.29, 1.82) is 0 Å². The Balaban J connectivity index is 2.59. The van der Waals surface area contributed by atoms with Gasteiger partial charge in [-0.15, -0.1) is 0 Å². The van der Waals surface area contributed by atoms with Crippen LogP contribution in [0.3, 0.4) is 0 Å². The molecule has 4 heteroatoms. The number of benzene rings is 1. The Morgan fingerprint density at radius 2 is 1.83 bits per heavy atom. The second-order valence-corrected chi connectivity index (χ2v) is 9.41. The zero-order valence-electron chi connectivity index (χ0n) is 19.1. The Bertz CT molecular complexity index is 752. The van der Waals surface area contributed by atoms with E-state index >= 15 is 0 Å². The number of rotatable bonds is 7. The van der Waals surface area contributed by atoms with E-state index in [0.29, 0.717) is 17.4 Å². The van der Waals surface area contributed by atoms with Gasteiger partial charge in [0.05, 0.1) is 18.1 Å². The Hall–Kier alpha value is -1.97. The second kappa shape index (κ2) is 9.23. The fourth-order valence-corrected chi connectivity index (χ4v) is 4.68. The third-order valence-corrected chi connectivity index (χ3v) is 6.80. The minimum Gasteiger partial charge on any atom is -0.507 e. The molecule has 1 aliphatic carbocycles. The summed E-state index contributed by atoms with van der Waals surface area (Å²) in [6, 6.07) is 3.59. The average molecular weight is 403 g/mol. The number of aromatic hydroxyl groups is 2. The summed E-state index contributed by atoms with van der Waals surface area (Å²) in [5.74, 6) is 1.02. The first kappa shape index (κ1) is 23.3. The molecule has 0 saturated heterocycles. The van der Waals surface area contributed by atoms with Gasteiger partial charge < -0.3 is 14.9 Å². The second-order valence-electron chi connectivity index (χ2n) is 9.41. The van der Waals surface area contributed by atoms with E-state index in [1.165, 1.54) is 7.11 Å². The van der Waals surface area contributed by atoms with Crippen molar-refractivity contribution in [1.82, 2.24) is 0 Å². The van der Waals surface area contributed by atoms with Crippen LogP contribution in [0.2, 0.25) is 0 Å². The molecule has 3 unspecified atom stereocenters. The lowest BCUT2D eigenvalue weighted by Crippen LogP contribution is -2.30. The smallest absolute Gasteiger partial charge is 0.315 e. The summed E-state index contributed by atoms with van der Waals surface area (Å²) in [7, 11) is 1.40. The topological polar surface area (TPSA) is 66.8 Å². The molecule has 1 aromatic rings. The van der Waals surface area contributed by atoms with Gasteiger partial charge in [-0.05, 0) is 79.7 Å². The van der Waals surface area contributed by atoms with E-state index in [9.17, 15) is 15.0 Å². The molecule has 1 aromatic carbocycles. The number of phenols is 2. The Kier molecular flexibility index (Phi) is 7.42. The van der Waals surface area contributed by atoms with Crippen LogP contribution in [0.5, 0.6) is 11.5 Å². The summed E-state index contributed by atoms with van der Waals surface area (Å²) >= 11 is 0. The monoisotopic (exact) mass is 402 g/mol. The van der Waals surface area contributed by atoms with Crippen LogP contribution in [0.4, 0.5) is 0 Å². The van der Waals surface area contributed by atoms with Crippen LogP contribution < -0.4 is 0 Å². The van der Waals surface area contributed by atoms with Crippen LogP contribution in [0.1, 0.15) is 90.7 Å². The van der Waals surface area contributed by atoms with Crippen LogP contribution in [-0.2, 0) is 9.53 Å². The molecule has 0 bridgehead atoms. The van der Waals surface area contributed by atoms with Gasteiger partial charge in [0, 0.05) is 0 Å². The maximum atomic E-state index is 12.5. The van der Waals surface area contributed by atoms with Crippen molar-refractivity contribution in [3.05, 3.63) is 28.8 Å². The lowest BCUT2D eigenvalue weighted by Gasteiger charge is -2.34. The predicted octanol–water partition coefficient (Wildman–Crippen LogP) is 6.41. The number of methoxy groups -OCH3 is 1. The molecule has 0 radical (unpaired) electrons. The quantitative estimate of drug-likeness (QED) is 0.517. The van der Waals surface area contributed by atoms with Crippen LogP contribution >= 0.6 is 0 Å². The van der Waals surface area contributed by atoms with E-state index in [1.54, 1.807) is 12.1 Å². The highest BCUT2D eigenvalue weighted by atomic mass is 16.5. The van der Waals surface area contributed by atoms with Gasteiger partial charge in [0.1, 0.15) is 11.5 Å². The number of esters is 1. The molecule has 162 valence electrons. The average Bonchev–Trinajstić information content (AvgIpc) is 2.66. The fraction of sp³-hybridized carbons (Fsp3) is 0.640. The first-order chi connectivity index (χ1) is 13.5. The molecule has 0 aliphatic heterocycles. The third-order valence-electron chi connectivity index (χ3n) is 6.80. The van der Waals surface area contributed by atoms with Crippen LogP contribution in [0.15, 0.2) is 17.7 Å². The Morgan fingerprint density at radius 3 is 2.34 bits per heavy atom. The van der Waals surface area contributed by atoms with Crippen molar-refractivity contribution in [3.63, 3.8) is 0 Å². The molecule has 29 heavy (non-hydrogen) atoms. The minimum absolute atomic E-state index is 0.0952. The molecular weight excluding hydrogens is 364 g/mol. The largest absolute Gasteiger partial charge is 0.507 e. The molecule has 0 heterocycles. The number of ether oxygens (including phenoxy) is 1. The van der Waals surface area contributed by atoms with Crippen molar-refractivity contribution in [2.45, 2.75) is 79.6 Å². The zero-order valence-corrected chi connectivity index (χ0v) is 19.1. The highest BCUT2D eigenvalue weighted by Gasteiger charge is 2.38. The van der Waals surface area contributed by atoms with Gasteiger partial charge in [0.25, 0.3) is 0 Å². The van der Waals surface area contributed by atoms with Crippen molar-refractivity contribution in [2.75, 3.05) is 7.11 Å². The molecule has 3 atom stereocenters. The number of hydrogen-bond donors (Lipinski definition) is 2. The van der Waals surface area contributed by atoms with Gasteiger partial charge in [-0.1, -0.05) is 40.5 Å². The maximum absolute atomic E-state index is 12.5. The number of carbonyl (C=O) groups excluding carboxylic acids is 1. The van der Waals surface area contributed by atoms with E-state index in [4.69, 9.17) is 4.74 Å². The number of hydrogen-bond acceptors (Lipinski definition) is 4. The van der Waals surface area contributed by atoms with Crippen molar-refractivity contribution < 1.29 is 19.7 Å². The first-order valence-electron chi connectivity index (χ1n) is 10.9. The molecule has 0 saturated carbocycles. The fourth-order valence-electron chi connectivity index (χ4n) is 4.68. The Labute approximate surface area is 176 Å². The van der Waals surface area contributed by atoms with Gasteiger partial charge in [-0.3, -0.25) is 4.79 Å². The SMILES string of the molecule is CCCC(C)C(C)c1cc(O)c(C2=C(C(C)(C)C(=O)OC)CCC(C)C2)c(O)c1. The summed E-state index contributed by atoms with van der Waals surface area (Å²) in [5.41, 5.74) is 2.46.